The molecule has 1 atom stereocenters. The van der Waals surface area contributed by atoms with Gasteiger partial charge in [0.2, 0.25) is 5.91 Å². The highest BCUT2D eigenvalue weighted by Gasteiger charge is 2.30. The van der Waals surface area contributed by atoms with Crippen molar-refractivity contribution in [1.29, 1.82) is 0 Å². The Labute approximate surface area is 204 Å². The summed E-state index contributed by atoms with van der Waals surface area (Å²) in [6, 6.07) is 23.2. The molecular weight excluding hydrogens is 459 g/mol. The maximum atomic E-state index is 13.4. The maximum Gasteiger partial charge on any atom is 0.261 e. The summed E-state index contributed by atoms with van der Waals surface area (Å²) in [5.74, 6) is 0.0459. The first-order chi connectivity index (χ1) is 16.0. The lowest BCUT2D eigenvalue weighted by molar-refractivity contribution is -0.142. The number of nitrogens with zero attached hydrogens (tertiary/aromatic N) is 1. The lowest BCUT2D eigenvalue weighted by Gasteiger charge is -2.31. The van der Waals surface area contributed by atoms with Crippen molar-refractivity contribution in [2.75, 3.05) is 13.2 Å². The molecule has 0 fully saturated rings. The Balaban J connectivity index is 1.90. The summed E-state index contributed by atoms with van der Waals surface area (Å²) >= 11 is 12.3. The molecule has 0 bridgehead atoms. The summed E-state index contributed by atoms with van der Waals surface area (Å²) in [7, 11) is 0. The molecule has 5 nitrogen and oxygen atoms in total. The van der Waals surface area contributed by atoms with E-state index in [9.17, 15) is 9.59 Å². The lowest BCUT2D eigenvalue weighted by atomic mass is 10.0. The van der Waals surface area contributed by atoms with Crippen LogP contribution in [0.5, 0.6) is 5.75 Å². The largest absolute Gasteiger partial charge is 0.484 e. The molecule has 1 N–H and O–H groups in total. The summed E-state index contributed by atoms with van der Waals surface area (Å²) in [5, 5.41) is 3.68. The topological polar surface area (TPSA) is 58.6 Å². The molecule has 0 aliphatic heterocycles. The van der Waals surface area contributed by atoms with Gasteiger partial charge in [0.15, 0.2) is 6.61 Å². The molecular formula is C26H26Cl2N2O3. The van der Waals surface area contributed by atoms with E-state index in [0.717, 1.165) is 11.1 Å². The summed E-state index contributed by atoms with van der Waals surface area (Å²) in [4.78, 5) is 28.0. The van der Waals surface area contributed by atoms with Gasteiger partial charge in [-0.3, -0.25) is 9.59 Å². The van der Waals surface area contributed by atoms with Gasteiger partial charge in [0, 0.05) is 19.5 Å². The van der Waals surface area contributed by atoms with Crippen molar-refractivity contribution in [3.8, 4) is 5.75 Å². The highest BCUT2D eigenvalue weighted by atomic mass is 35.5. The predicted molar refractivity (Wildman–Crippen MR) is 132 cm³/mol. The van der Waals surface area contributed by atoms with Gasteiger partial charge in [0.25, 0.3) is 5.91 Å². The standard InChI is InChI=1S/C26H26Cl2N2O3/c1-2-29-26(32)24(16-19-9-5-3-6-10-19)30(17-20-13-14-22(27)23(28)15-20)25(31)18-33-21-11-7-4-8-12-21/h3-15,24H,2,16-18H2,1H3,(H,29,32)/t24-/m1/s1. The fourth-order valence-corrected chi connectivity index (χ4v) is 3.75. The van der Waals surface area contributed by atoms with Crippen molar-refractivity contribution in [2.45, 2.75) is 25.9 Å². The molecule has 0 saturated carbocycles. The van der Waals surface area contributed by atoms with Crippen molar-refractivity contribution in [2.24, 2.45) is 0 Å². The van der Waals surface area contributed by atoms with Crippen LogP contribution in [0, 0.1) is 0 Å². The van der Waals surface area contributed by atoms with Crippen LogP contribution in [-0.4, -0.2) is 35.9 Å². The zero-order chi connectivity index (χ0) is 23.6. The van der Waals surface area contributed by atoms with Crippen LogP contribution in [0.25, 0.3) is 0 Å². The number of likely N-dealkylation sites (N-methyl/N-ethyl adjacent to an activating group) is 1. The molecule has 0 unspecified atom stereocenters. The average Bonchev–Trinajstić information content (AvgIpc) is 2.83. The molecule has 0 aromatic heterocycles. The molecule has 3 aromatic carbocycles. The first-order valence-corrected chi connectivity index (χ1v) is 11.5. The molecule has 3 aromatic rings. The number of hydrogen-bond acceptors (Lipinski definition) is 3. The van der Waals surface area contributed by atoms with E-state index in [2.05, 4.69) is 5.32 Å². The third-order valence-corrected chi connectivity index (χ3v) is 5.80. The van der Waals surface area contributed by atoms with Gasteiger partial charge in [-0.2, -0.15) is 0 Å². The van der Waals surface area contributed by atoms with Crippen molar-refractivity contribution in [1.82, 2.24) is 10.2 Å². The second-order valence-electron chi connectivity index (χ2n) is 7.47. The third kappa shape index (κ3) is 7.24. The molecule has 0 saturated heterocycles. The molecule has 33 heavy (non-hydrogen) atoms. The van der Waals surface area contributed by atoms with Crippen LogP contribution in [0.4, 0.5) is 0 Å². The van der Waals surface area contributed by atoms with Crippen molar-refractivity contribution in [3.05, 3.63) is 100 Å². The van der Waals surface area contributed by atoms with Gasteiger partial charge in [-0.05, 0) is 42.3 Å². The molecule has 3 rings (SSSR count). The molecule has 172 valence electrons. The predicted octanol–water partition coefficient (Wildman–Crippen LogP) is 5.15. The Kier molecular flexibility index (Phi) is 9.16. The SMILES string of the molecule is CCNC(=O)[C@@H](Cc1ccccc1)N(Cc1ccc(Cl)c(Cl)c1)C(=O)COc1ccccc1. The number of rotatable bonds is 10. The van der Waals surface area contributed by atoms with E-state index in [1.54, 1.807) is 35.2 Å². The van der Waals surface area contributed by atoms with Crippen molar-refractivity contribution in [3.63, 3.8) is 0 Å². The summed E-state index contributed by atoms with van der Waals surface area (Å²) in [6.45, 7) is 2.29. The third-order valence-electron chi connectivity index (χ3n) is 5.06. The number of ether oxygens (including phenoxy) is 1. The van der Waals surface area contributed by atoms with Gasteiger partial charge in [0.1, 0.15) is 11.8 Å². The number of para-hydroxylation sites is 1. The van der Waals surface area contributed by atoms with Crippen LogP contribution in [0.2, 0.25) is 10.0 Å². The van der Waals surface area contributed by atoms with Gasteiger partial charge >= 0.3 is 0 Å². The Bertz CT molecular complexity index is 1060. The normalized spacial score (nSPS) is 11.5. The minimum atomic E-state index is -0.728. The first-order valence-electron chi connectivity index (χ1n) is 10.7. The molecule has 0 aliphatic carbocycles. The van der Waals surface area contributed by atoms with Crippen LogP contribution in [0.15, 0.2) is 78.9 Å². The van der Waals surface area contributed by atoms with E-state index in [1.165, 1.54) is 0 Å². The fraction of sp³-hybridized carbons (Fsp3) is 0.231. The quantitative estimate of drug-likeness (QED) is 0.432. The Morgan fingerprint density at radius 3 is 2.21 bits per heavy atom. The number of carbonyl (C=O) groups is 2. The van der Waals surface area contributed by atoms with Gasteiger partial charge in [-0.15, -0.1) is 0 Å². The number of carbonyl (C=O) groups excluding carboxylic acids is 2. The minimum absolute atomic E-state index is 0.183. The minimum Gasteiger partial charge on any atom is -0.484 e. The number of hydrogen-bond donors (Lipinski definition) is 1. The summed E-state index contributed by atoms with van der Waals surface area (Å²) in [6.07, 6.45) is 0.366. The highest BCUT2D eigenvalue weighted by Crippen LogP contribution is 2.24. The number of amides is 2. The van der Waals surface area contributed by atoms with E-state index in [0.29, 0.717) is 28.8 Å². The zero-order valence-electron chi connectivity index (χ0n) is 18.3. The van der Waals surface area contributed by atoms with E-state index in [4.69, 9.17) is 27.9 Å². The van der Waals surface area contributed by atoms with Crippen molar-refractivity contribution < 1.29 is 14.3 Å². The zero-order valence-corrected chi connectivity index (χ0v) is 19.9. The number of nitrogens with one attached hydrogen (secondary N) is 1. The molecule has 7 heteroatoms. The van der Waals surface area contributed by atoms with Crippen LogP contribution in [0.3, 0.4) is 0 Å². The Hall–Kier alpha value is -3.02. The molecule has 0 heterocycles. The van der Waals surface area contributed by atoms with Crippen LogP contribution >= 0.6 is 23.2 Å². The molecule has 2 amide bonds. The number of halogens is 2. The van der Waals surface area contributed by atoms with E-state index in [1.807, 2.05) is 55.5 Å². The Morgan fingerprint density at radius 2 is 1.58 bits per heavy atom. The van der Waals surface area contributed by atoms with Gasteiger partial charge in [0.05, 0.1) is 10.0 Å². The maximum absolute atomic E-state index is 13.4. The molecule has 0 radical (unpaired) electrons. The van der Waals surface area contributed by atoms with E-state index in [-0.39, 0.29) is 25.0 Å². The second-order valence-corrected chi connectivity index (χ2v) is 8.29. The highest BCUT2D eigenvalue weighted by molar-refractivity contribution is 6.42. The second kappa shape index (κ2) is 12.3. The van der Waals surface area contributed by atoms with Gasteiger partial charge < -0.3 is 15.0 Å². The average molecular weight is 485 g/mol. The lowest BCUT2D eigenvalue weighted by Crippen LogP contribution is -2.51. The molecule has 0 spiro atoms. The van der Waals surface area contributed by atoms with Crippen LogP contribution < -0.4 is 10.1 Å². The smallest absolute Gasteiger partial charge is 0.261 e. The van der Waals surface area contributed by atoms with Crippen molar-refractivity contribution >= 4 is 35.0 Å². The summed E-state index contributed by atoms with van der Waals surface area (Å²) < 4.78 is 5.70. The Morgan fingerprint density at radius 1 is 0.909 bits per heavy atom. The monoisotopic (exact) mass is 484 g/mol. The van der Waals surface area contributed by atoms with Crippen LogP contribution in [-0.2, 0) is 22.6 Å². The first kappa shape index (κ1) is 24.6. The van der Waals surface area contributed by atoms with Crippen LogP contribution in [0.1, 0.15) is 18.1 Å². The van der Waals surface area contributed by atoms with E-state index < -0.39 is 6.04 Å². The summed E-state index contributed by atoms with van der Waals surface area (Å²) in [5.41, 5.74) is 1.71. The van der Waals surface area contributed by atoms with Gasteiger partial charge in [-0.25, -0.2) is 0 Å². The fourth-order valence-electron chi connectivity index (χ4n) is 3.43. The number of benzene rings is 3. The van der Waals surface area contributed by atoms with Gasteiger partial charge in [-0.1, -0.05) is 77.8 Å². The molecule has 0 aliphatic rings. The van der Waals surface area contributed by atoms with E-state index >= 15 is 0 Å².